The van der Waals surface area contributed by atoms with Gasteiger partial charge in [-0.15, -0.1) is 0 Å². The smallest absolute Gasteiger partial charge is 0.339 e. The van der Waals surface area contributed by atoms with Crippen LogP contribution in [0.2, 0.25) is 0 Å². The first-order chi connectivity index (χ1) is 19.7. The van der Waals surface area contributed by atoms with Crippen molar-refractivity contribution in [2.75, 3.05) is 13.2 Å². The average molecular weight is 553 g/mol. The normalized spacial score (nSPS) is 12.2. The summed E-state index contributed by atoms with van der Waals surface area (Å²) in [7, 11) is 0. The second-order valence-electron chi connectivity index (χ2n) is 10.6. The summed E-state index contributed by atoms with van der Waals surface area (Å²) in [4.78, 5) is 24.7. The molecule has 0 aliphatic heterocycles. The average Bonchev–Trinajstić information content (AvgIpc) is 3.02. The number of unbranched alkanes of at least 4 members (excludes halogenated alkanes) is 10. The number of carbonyl (C=O) groups excluding carboxylic acids is 2. The van der Waals surface area contributed by atoms with Crippen molar-refractivity contribution in [3.63, 3.8) is 0 Å². The molecule has 1 saturated carbocycles. The van der Waals surface area contributed by atoms with Crippen LogP contribution in [-0.4, -0.2) is 25.2 Å². The highest BCUT2D eigenvalue weighted by molar-refractivity contribution is 6.03. The molecule has 40 heavy (non-hydrogen) atoms. The summed E-state index contributed by atoms with van der Waals surface area (Å²) < 4.78 is 10.7. The van der Waals surface area contributed by atoms with Gasteiger partial charge in [0.1, 0.15) is 0 Å². The molecule has 2 aromatic carbocycles. The Bertz CT molecular complexity index is 758. The van der Waals surface area contributed by atoms with E-state index in [1.54, 1.807) is 24.3 Å². The number of benzene rings is 2. The second-order valence-corrected chi connectivity index (χ2v) is 10.6. The van der Waals surface area contributed by atoms with Crippen molar-refractivity contribution < 1.29 is 19.1 Å². The Balaban J connectivity index is 0.000000537. The second kappa shape index (κ2) is 26.6. The van der Waals surface area contributed by atoms with Crippen LogP contribution in [0.5, 0.6) is 0 Å². The van der Waals surface area contributed by atoms with Crippen LogP contribution in [-0.2, 0) is 9.47 Å². The number of carbonyl (C=O) groups is 2. The van der Waals surface area contributed by atoms with Crippen molar-refractivity contribution in [1.29, 1.82) is 0 Å². The maximum absolute atomic E-state index is 12.4. The fourth-order valence-corrected chi connectivity index (χ4v) is 4.53. The molecule has 1 aliphatic rings. The van der Waals surface area contributed by atoms with E-state index < -0.39 is 11.9 Å². The lowest BCUT2D eigenvalue weighted by atomic mass is 10.0. The molecular weight excluding hydrogens is 496 g/mol. The first-order valence-corrected chi connectivity index (χ1v) is 16.1. The van der Waals surface area contributed by atoms with Crippen molar-refractivity contribution in [2.45, 2.75) is 129 Å². The van der Waals surface area contributed by atoms with E-state index in [1.807, 2.05) is 36.4 Å². The molecule has 4 nitrogen and oxygen atoms in total. The van der Waals surface area contributed by atoms with Gasteiger partial charge in [0.25, 0.3) is 0 Å². The van der Waals surface area contributed by atoms with Gasteiger partial charge in [-0.2, -0.15) is 0 Å². The van der Waals surface area contributed by atoms with Gasteiger partial charge in [0.15, 0.2) is 0 Å². The van der Waals surface area contributed by atoms with Gasteiger partial charge in [0.05, 0.1) is 24.3 Å². The first-order valence-electron chi connectivity index (χ1n) is 16.1. The molecule has 0 atom stereocenters. The number of esters is 2. The molecular formula is C36H56O4. The van der Waals surface area contributed by atoms with Gasteiger partial charge in [-0.25, -0.2) is 9.59 Å². The molecule has 0 saturated heterocycles. The van der Waals surface area contributed by atoms with E-state index in [0.29, 0.717) is 24.3 Å². The van der Waals surface area contributed by atoms with Crippen LogP contribution in [0.4, 0.5) is 0 Å². The zero-order valence-corrected chi connectivity index (χ0v) is 25.5. The molecule has 224 valence electrons. The van der Waals surface area contributed by atoms with E-state index in [1.165, 1.54) is 89.9 Å². The zero-order chi connectivity index (χ0) is 28.9. The molecule has 1 aliphatic carbocycles. The van der Waals surface area contributed by atoms with Crippen molar-refractivity contribution in [3.05, 3.63) is 71.8 Å². The van der Waals surface area contributed by atoms with Gasteiger partial charge >= 0.3 is 11.9 Å². The Morgan fingerprint density at radius 3 is 1.10 bits per heavy atom. The SMILES string of the molecule is C1CCCCC1.CCCCCCCCOC(=O)c1ccccc1C(=O)OCCCCCCCC.c1ccccc1. The van der Waals surface area contributed by atoms with Gasteiger partial charge in [0.2, 0.25) is 0 Å². The summed E-state index contributed by atoms with van der Waals surface area (Å²) in [6, 6.07) is 18.7. The van der Waals surface area contributed by atoms with Crippen LogP contribution >= 0.6 is 0 Å². The highest BCUT2D eigenvalue weighted by Crippen LogP contribution is 2.15. The molecule has 0 N–H and O–H groups in total. The number of ether oxygens (including phenoxy) is 2. The molecule has 0 spiro atoms. The van der Waals surface area contributed by atoms with Gasteiger partial charge in [-0.1, -0.05) is 165 Å². The minimum Gasteiger partial charge on any atom is -0.462 e. The van der Waals surface area contributed by atoms with Crippen molar-refractivity contribution >= 4 is 11.9 Å². The summed E-state index contributed by atoms with van der Waals surface area (Å²) in [5.41, 5.74) is 0.586. The molecule has 1 fully saturated rings. The predicted molar refractivity (Wildman–Crippen MR) is 168 cm³/mol. The van der Waals surface area contributed by atoms with Gasteiger partial charge in [-0.05, 0) is 25.0 Å². The molecule has 3 rings (SSSR count). The van der Waals surface area contributed by atoms with Crippen molar-refractivity contribution in [3.8, 4) is 0 Å². The summed E-state index contributed by atoms with van der Waals surface area (Å²) in [5, 5.41) is 0. The van der Waals surface area contributed by atoms with Crippen LogP contribution in [0.25, 0.3) is 0 Å². The van der Waals surface area contributed by atoms with Crippen LogP contribution in [0.15, 0.2) is 60.7 Å². The number of hydrogen-bond donors (Lipinski definition) is 0. The Hall–Kier alpha value is -2.62. The minimum absolute atomic E-state index is 0.293. The third-order valence-corrected chi connectivity index (χ3v) is 7.00. The lowest BCUT2D eigenvalue weighted by Crippen LogP contribution is -2.15. The van der Waals surface area contributed by atoms with Gasteiger partial charge < -0.3 is 9.47 Å². The summed E-state index contributed by atoms with van der Waals surface area (Å²) in [6.45, 7) is 5.17. The van der Waals surface area contributed by atoms with Crippen molar-refractivity contribution in [2.24, 2.45) is 0 Å². The Kier molecular flexibility index (Phi) is 23.5. The Morgan fingerprint density at radius 2 is 0.775 bits per heavy atom. The maximum Gasteiger partial charge on any atom is 0.339 e. The first kappa shape index (κ1) is 35.4. The lowest BCUT2D eigenvalue weighted by molar-refractivity contribution is 0.0450. The van der Waals surface area contributed by atoms with Gasteiger partial charge in [0, 0.05) is 0 Å². The lowest BCUT2D eigenvalue weighted by Gasteiger charge is -2.10. The highest BCUT2D eigenvalue weighted by atomic mass is 16.5. The molecule has 4 heteroatoms. The molecule has 0 aromatic heterocycles. The van der Waals surface area contributed by atoms with Crippen LogP contribution < -0.4 is 0 Å². The van der Waals surface area contributed by atoms with Gasteiger partial charge in [-0.3, -0.25) is 0 Å². The Labute approximate surface area is 245 Å². The van der Waals surface area contributed by atoms with Crippen LogP contribution in [0, 0.1) is 0 Å². The molecule has 0 radical (unpaired) electrons. The minimum atomic E-state index is -0.444. The monoisotopic (exact) mass is 552 g/mol. The van der Waals surface area contributed by atoms with E-state index >= 15 is 0 Å². The molecule has 0 bridgehead atoms. The maximum atomic E-state index is 12.4. The molecule has 2 aromatic rings. The standard InChI is InChI=1S/C24H38O4.C6H12.C6H6/c1-3-5-7-9-11-15-19-27-23(25)21-17-13-14-18-22(21)24(26)28-20-16-12-10-8-6-4-2;2*1-2-4-6-5-3-1/h13-14,17-18H,3-12,15-16,19-20H2,1-2H3;1-6H2;1-6H. The largest absolute Gasteiger partial charge is 0.462 e. The quantitative estimate of drug-likeness (QED) is 0.153. The third-order valence-electron chi connectivity index (χ3n) is 7.00. The topological polar surface area (TPSA) is 52.6 Å². The van der Waals surface area contributed by atoms with Crippen molar-refractivity contribution in [1.82, 2.24) is 0 Å². The zero-order valence-electron chi connectivity index (χ0n) is 25.5. The number of rotatable bonds is 16. The molecule has 0 amide bonds. The van der Waals surface area contributed by atoms with E-state index in [9.17, 15) is 9.59 Å². The molecule has 0 unspecified atom stereocenters. The third kappa shape index (κ3) is 19.4. The van der Waals surface area contributed by atoms with E-state index in [0.717, 1.165) is 25.7 Å². The summed E-state index contributed by atoms with van der Waals surface area (Å²) in [5.74, 6) is -0.888. The number of hydrogen-bond acceptors (Lipinski definition) is 4. The fraction of sp³-hybridized carbons (Fsp3) is 0.611. The molecule has 0 heterocycles. The summed E-state index contributed by atoms with van der Waals surface area (Å²) >= 11 is 0. The highest BCUT2D eigenvalue weighted by Gasteiger charge is 2.18. The van der Waals surface area contributed by atoms with Crippen LogP contribution in [0.3, 0.4) is 0 Å². The Morgan fingerprint density at radius 1 is 0.475 bits per heavy atom. The van der Waals surface area contributed by atoms with Crippen LogP contribution in [0.1, 0.15) is 150 Å². The fourth-order valence-electron chi connectivity index (χ4n) is 4.53. The van der Waals surface area contributed by atoms with E-state index in [-0.39, 0.29) is 0 Å². The summed E-state index contributed by atoms with van der Waals surface area (Å²) in [6.07, 6.45) is 22.6. The predicted octanol–water partition coefficient (Wildman–Crippen LogP) is 10.7. The van der Waals surface area contributed by atoms with E-state index in [4.69, 9.17) is 9.47 Å². The van der Waals surface area contributed by atoms with E-state index in [2.05, 4.69) is 13.8 Å².